The van der Waals surface area contributed by atoms with E-state index in [1.54, 1.807) is 0 Å². The van der Waals surface area contributed by atoms with Crippen LogP contribution in [0.2, 0.25) is 0 Å². The second kappa shape index (κ2) is 5.19. The quantitative estimate of drug-likeness (QED) is 0.658. The molecular weight excluding hydrogens is 264 g/mol. The molecule has 0 aliphatic carbocycles. The van der Waals surface area contributed by atoms with E-state index in [0.29, 0.717) is 0 Å². The van der Waals surface area contributed by atoms with Crippen LogP contribution >= 0.6 is 0 Å². The van der Waals surface area contributed by atoms with Gasteiger partial charge in [-0.3, -0.25) is 9.59 Å². The number of sulfonamides is 1. The number of furan rings is 1. The Bertz CT molecular complexity index is 561. The van der Waals surface area contributed by atoms with Gasteiger partial charge in [-0.1, -0.05) is 0 Å². The van der Waals surface area contributed by atoms with E-state index in [0.717, 1.165) is 12.1 Å². The van der Waals surface area contributed by atoms with Crippen LogP contribution in [-0.4, -0.2) is 38.5 Å². The van der Waals surface area contributed by atoms with Crippen molar-refractivity contribution in [2.75, 3.05) is 7.05 Å². The summed E-state index contributed by atoms with van der Waals surface area (Å²) >= 11 is 0. The third kappa shape index (κ3) is 3.08. The minimum atomic E-state index is -3.77. The molecule has 18 heavy (non-hydrogen) atoms. The molecule has 0 radical (unpaired) electrons. The number of carboxylic acid groups (broad SMARTS) is 1. The van der Waals surface area contributed by atoms with Crippen LogP contribution in [0.4, 0.5) is 0 Å². The van der Waals surface area contributed by atoms with Gasteiger partial charge in [0.1, 0.15) is 6.04 Å². The van der Waals surface area contributed by atoms with E-state index in [1.807, 2.05) is 4.72 Å². The summed E-state index contributed by atoms with van der Waals surface area (Å²) in [4.78, 5) is 22.0. The first-order valence-electron chi connectivity index (χ1n) is 4.85. The van der Waals surface area contributed by atoms with Crippen molar-refractivity contribution >= 4 is 21.9 Å². The van der Waals surface area contributed by atoms with Crippen LogP contribution in [0, 0.1) is 0 Å². The molecule has 1 atom stereocenters. The first-order valence-corrected chi connectivity index (χ1v) is 6.33. The number of nitrogens with one attached hydrogen (secondary N) is 2. The Morgan fingerprint density at radius 1 is 1.39 bits per heavy atom. The molecule has 0 saturated carbocycles. The zero-order chi connectivity index (χ0) is 13.9. The summed E-state index contributed by atoms with van der Waals surface area (Å²) in [5.41, 5.74) is 0. The monoisotopic (exact) mass is 276 g/mol. The lowest BCUT2D eigenvalue weighted by molar-refractivity contribution is -0.138. The van der Waals surface area contributed by atoms with Crippen LogP contribution < -0.4 is 10.0 Å². The third-order valence-electron chi connectivity index (χ3n) is 2.06. The van der Waals surface area contributed by atoms with Crippen molar-refractivity contribution in [3.05, 3.63) is 17.9 Å². The van der Waals surface area contributed by atoms with Crippen LogP contribution in [0.25, 0.3) is 0 Å². The molecule has 1 aromatic heterocycles. The van der Waals surface area contributed by atoms with Crippen molar-refractivity contribution in [3.63, 3.8) is 0 Å². The fourth-order valence-corrected chi connectivity index (χ4v) is 1.66. The average molecular weight is 276 g/mol. The molecule has 0 aromatic carbocycles. The molecule has 1 amide bonds. The number of rotatable bonds is 5. The van der Waals surface area contributed by atoms with Crippen molar-refractivity contribution in [2.24, 2.45) is 0 Å². The van der Waals surface area contributed by atoms with Crippen molar-refractivity contribution in [1.29, 1.82) is 0 Å². The zero-order valence-corrected chi connectivity index (χ0v) is 10.4. The largest absolute Gasteiger partial charge is 0.480 e. The van der Waals surface area contributed by atoms with Gasteiger partial charge in [-0.15, -0.1) is 0 Å². The van der Waals surface area contributed by atoms with E-state index in [2.05, 4.69) is 5.32 Å². The molecule has 8 nitrogen and oxygen atoms in total. The van der Waals surface area contributed by atoms with Gasteiger partial charge < -0.3 is 14.8 Å². The van der Waals surface area contributed by atoms with E-state index >= 15 is 0 Å². The van der Waals surface area contributed by atoms with Gasteiger partial charge in [0, 0.05) is 0 Å². The van der Waals surface area contributed by atoms with Gasteiger partial charge in [-0.05, 0) is 26.1 Å². The molecule has 0 bridgehead atoms. The first-order chi connectivity index (χ1) is 8.27. The van der Waals surface area contributed by atoms with Crippen LogP contribution in [0.5, 0.6) is 0 Å². The fraction of sp³-hybridized carbons (Fsp3) is 0.333. The lowest BCUT2D eigenvalue weighted by atomic mass is 10.3. The molecule has 1 rings (SSSR count). The molecule has 1 aromatic rings. The highest BCUT2D eigenvalue weighted by molar-refractivity contribution is 7.89. The second-order valence-electron chi connectivity index (χ2n) is 3.36. The molecule has 100 valence electrons. The standard InChI is InChI=1S/C9H12N2O6S/c1-5(9(13)14)11-8(12)6-3-4-7(17-6)18(15,16)10-2/h3-5,10H,1-2H3,(H,11,12)(H,13,14). The van der Waals surface area contributed by atoms with Gasteiger partial charge in [-0.25, -0.2) is 13.1 Å². The lowest BCUT2D eigenvalue weighted by Crippen LogP contribution is -2.38. The van der Waals surface area contributed by atoms with Crippen molar-refractivity contribution in [3.8, 4) is 0 Å². The van der Waals surface area contributed by atoms with E-state index in [-0.39, 0.29) is 5.76 Å². The number of carbonyl (C=O) groups is 2. The number of amides is 1. The summed E-state index contributed by atoms with van der Waals surface area (Å²) in [6.07, 6.45) is 0. The molecular formula is C9H12N2O6S. The van der Waals surface area contributed by atoms with Gasteiger partial charge in [0.2, 0.25) is 5.09 Å². The Labute approximate surface area is 103 Å². The van der Waals surface area contributed by atoms with Crippen LogP contribution in [0.1, 0.15) is 17.5 Å². The summed E-state index contributed by atoms with van der Waals surface area (Å²) in [7, 11) is -2.57. The molecule has 0 aliphatic rings. The summed E-state index contributed by atoms with van der Waals surface area (Å²) < 4.78 is 29.5. The molecule has 9 heteroatoms. The van der Waals surface area contributed by atoms with Crippen molar-refractivity contribution < 1.29 is 27.5 Å². The normalized spacial score (nSPS) is 13.0. The van der Waals surface area contributed by atoms with E-state index in [9.17, 15) is 18.0 Å². The van der Waals surface area contributed by atoms with E-state index in [4.69, 9.17) is 9.52 Å². The molecule has 3 N–H and O–H groups in total. The van der Waals surface area contributed by atoms with Crippen LogP contribution in [-0.2, 0) is 14.8 Å². The van der Waals surface area contributed by atoms with Gasteiger partial charge in [0.05, 0.1) is 0 Å². The number of hydrogen-bond acceptors (Lipinski definition) is 5. The van der Waals surface area contributed by atoms with Gasteiger partial charge >= 0.3 is 5.97 Å². The van der Waals surface area contributed by atoms with Gasteiger partial charge in [0.15, 0.2) is 5.76 Å². The number of carboxylic acids is 1. The minimum absolute atomic E-state index is 0.281. The Morgan fingerprint density at radius 3 is 2.50 bits per heavy atom. The Morgan fingerprint density at radius 2 is 2.00 bits per heavy atom. The number of hydrogen-bond donors (Lipinski definition) is 3. The first kappa shape index (κ1) is 14.2. The molecule has 0 fully saturated rings. The molecule has 1 unspecified atom stereocenters. The topological polar surface area (TPSA) is 126 Å². The lowest BCUT2D eigenvalue weighted by Gasteiger charge is -2.06. The predicted octanol–water partition coefficient (Wildman–Crippen LogP) is -0.609. The predicted molar refractivity (Wildman–Crippen MR) is 59.5 cm³/mol. The Hall–Kier alpha value is -1.87. The Kier molecular flexibility index (Phi) is 4.09. The minimum Gasteiger partial charge on any atom is -0.480 e. The summed E-state index contributed by atoms with van der Waals surface area (Å²) in [5, 5.41) is 10.3. The van der Waals surface area contributed by atoms with Crippen LogP contribution in [0.3, 0.4) is 0 Å². The second-order valence-corrected chi connectivity index (χ2v) is 5.18. The average Bonchev–Trinajstić information content (AvgIpc) is 2.78. The molecule has 0 aliphatic heterocycles. The smallest absolute Gasteiger partial charge is 0.325 e. The van der Waals surface area contributed by atoms with E-state index < -0.39 is 33.0 Å². The SMILES string of the molecule is CNS(=O)(=O)c1ccc(C(=O)NC(C)C(=O)O)o1. The van der Waals surface area contributed by atoms with Gasteiger partial charge in [0.25, 0.3) is 15.9 Å². The fourth-order valence-electron chi connectivity index (χ4n) is 1.02. The summed E-state index contributed by atoms with van der Waals surface area (Å²) in [6.45, 7) is 1.27. The maximum Gasteiger partial charge on any atom is 0.325 e. The number of carbonyl (C=O) groups excluding carboxylic acids is 1. The highest BCUT2D eigenvalue weighted by Crippen LogP contribution is 2.13. The summed E-state index contributed by atoms with van der Waals surface area (Å²) in [6, 6.07) is 1.15. The third-order valence-corrected chi connectivity index (χ3v) is 3.34. The molecule has 0 saturated heterocycles. The molecule has 0 spiro atoms. The highest BCUT2D eigenvalue weighted by Gasteiger charge is 2.21. The number of aliphatic carboxylic acids is 1. The van der Waals surface area contributed by atoms with E-state index in [1.165, 1.54) is 14.0 Å². The maximum atomic E-state index is 11.5. The zero-order valence-electron chi connectivity index (χ0n) is 9.63. The molecule has 1 heterocycles. The summed E-state index contributed by atoms with van der Waals surface area (Å²) in [5.74, 6) is -2.29. The highest BCUT2D eigenvalue weighted by atomic mass is 32.2. The maximum absolute atomic E-state index is 11.5. The van der Waals surface area contributed by atoms with Crippen molar-refractivity contribution in [2.45, 2.75) is 18.1 Å². The van der Waals surface area contributed by atoms with Crippen molar-refractivity contribution in [1.82, 2.24) is 10.0 Å². The Balaban J connectivity index is 2.87. The van der Waals surface area contributed by atoms with Crippen LogP contribution in [0.15, 0.2) is 21.6 Å². The van der Waals surface area contributed by atoms with Gasteiger partial charge in [-0.2, -0.15) is 0 Å².